The maximum Gasteiger partial charge on any atom is 0.167 e. The van der Waals surface area contributed by atoms with E-state index in [0.29, 0.717) is 12.2 Å². The molecule has 0 aliphatic rings. The largest absolute Gasteiger partial charge is 0.496 e. The van der Waals surface area contributed by atoms with Crippen LogP contribution in [0, 0.1) is 0 Å². The number of hydrogen-bond acceptors (Lipinski definition) is 2. The molecule has 0 bridgehead atoms. The van der Waals surface area contributed by atoms with Gasteiger partial charge in [-0.2, -0.15) is 0 Å². The molecule has 0 spiro atoms. The second-order valence-corrected chi connectivity index (χ2v) is 5.23. The molecule has 2 rings (SSSR count). The highest BCUT2D eigenvalue weighted by Crippen LogP contribution is 2.29. The van der Waals surface area contributed by atoms with Gasteiger partial charge >= 0.3 is 0 Å². The van der Waals surface area contributed by atoms with E-state index < -0.39 is 0 Å². The molecule has 0 aromatic heterocycles. The Morgan fingerprint density at radius 2 is 1.95 bits per heavy atom. The zero-order valence-electron chi connectivity index (χ0n) is 11.0. The van der Waals surface area contributed by atoms with Crippen LogP contribution in [0.3, 0.4) is 0 Å². The second-order valence-electron chi connectivity index (χ2n) is 4.43. The first-order chi connectivity index (χ1) is 9.27. The summed E-state index contributed by atoms with van der Waals surface area (Å²) in [5.74, 6) is 0.831. The number of methoxy groups -OCH3 is 1. The molecule has 0 N–H and O–H groups in total. The molecule has 2 aromatic rings. The Morgan fingerprint density at radius 3 is 2.68 bits per heavy atom. The van der Waals surface area contributed by atoms with Crippen molar-refractivity contribution in [2.45, 2.75) is 19.3 Å². The molecule has 0 unspecified atom stereocenters. The Labute approximate surface area is 121 Å². The third kappa shape index (κ3) is 3.16. The zero-order valence-corrected chi connectivity index (χ0v) is 12.6. The summed E-state index contributed by atoms with van der Waals surface area (Å²) in [6.45, 7) is 0. The number of unbranched alkanes of at least 4 members (excludes halogenated alkanes) is 1. The molecule has 3 heteroatoms. The van der Waals surface area contributed by atoms with E-state index in [2.05, 4.69) is 15.9 Å². The third-order valence-corrected chi connectivity index (χ3v) is 3.74. The first kappa shape index (κ1) is 14.1. The normalized spacial score (nSPS) is 10.6. The third-order valence-electron chi connectivity index (χ3n) is 3.18. The highest BCUT2D eigenvalue weighted by atomic mass is 79.9. The van der Waals surface area contributed by atoms with Crippen LogP contribution in [0.15, 0.2) is 36.4 Å². The van der Waals surface area contributed by atoms with E-state index in [1.54, 1.807) is 7.11 Å². The number of rotatable bonds is 6. The van der Waals surface area contributed by atoms with Crippen LogP contribution in [0.4, 0.5) is 0 Å². The molecular formula is C16H17BrO2. The van der Waals surface area contributed by atoms with E-state index in [1.165, 1.54) is 0 Å². The summed E-state index contributed by atoms with van der Waals surface area (Å²) in [4.78, 5) is 12.4. The van der Waals surface area contributed by atoms with Crippen LogP contribution in [-0.2, 0) is 0 Å². The Bertz CT molecular complexity index is 578. The Kier molecular flexibility index (Phi) is 4.97. The summed E-state index contributed by atoms with van der Waals surface area (Å²) in [5.41, 5.74) is 0.718. The van der Waals surface area contributed by atoms with Crippen molar-refractivity contribution in [2.24, 2.45) is 0 Å². The van der Waals surface area contributed by atoms with Gasteiger partial charge in [0.15, 0.2) is 5.78 Å². The van der Waals surface area contributed by atoms with Crippen LogP contribution < -0.4 is 4.74 Å². The maximum atomic E-state index is 12.4. The van der Waals surface area contributed by atoms with Gasteiger partial charge in [0, 0.05) is 11.8 Å². The zero-order chi connectivity index (χ0) is 13.7. The average molecular weight is 321 g/mol. The summed E-state index contributed by atoms with van der Waals surface area (Å²) in [7, 11) is 1.61. The van der Waals surface area contributed by atoms with Gasteiger partial charge in [0.2, 0.25) is 0 Å². The number of benzene rings is 2. The van der Waals surface area contributed by atoms with Gasteiger partial charge in [0.1, 0.15) is 5.75 Å². The predicted molar refractivity (Wildman–Crippen MR) is 82.5 cm³/mol. The van der Waals surface area contributed by atoms with Crippen molar-refractivity contribution in [3.05, 3.63) is 42.0 Å². The predicted octanol–water partition coefficient (Wildman–Crippen LogP) is 4.60. The fraction of sp³-hybridized carbons (Fsp3) is 0.312. The van der Waals surface area contributed by atoms with E-state index in [0.717, 1.165) is 34.5 Å². The maximum absolute atomic E-state index is 12.4. The van der Waals surface area contributed by atoms with Crippen molar-refractivity contribution in [3.8, 4) is 5.75 Å². The van der Waals surface area contributed by atoms with Crippen LogP contribution in [-0.4, -0.2) is 18.2 Å². The molecule has 0 radical (unpaired) electrons. The number of Topliss-reactive ketones (excluding diaryl/α,β-unsaturated/α-hetero) is 1. The number of carbonyl (C=O) groups is 1. The molecule has 0 atom stereocenters. The standard InChI is InChI=1S/C16H17BrO2/c1-19-15-10-9-12-6-2-3-7-13(12)16(15)14(18)8-4-5-11-17/h2-3,6-7,9-10H,4-5,8,11H2,1H3. The van der Waals surface area contributed by atoms with E-state index in [4.69, 9.17) is 4.74 Å². The monoisotopic (exact) mass is 320 g/mol. The van der Waals surface area contributed by atoms with Crippen molar-refractivity contribution in [3.63, 3.8) is 0 Å². The molecule has 19 heavy (non-hydrogen) atoms. The highest BCUT2D eigenvalue weighted by molar-refractivity contribution is 9.09. The van der Waals surface area contributed by atoms with E-state index in [9.17, 15) is 4.79 Å². The lowest BCUT2D eigenvalue weighted by atomic mass is 9.97. The number of alkyl halides is 1. The minimum Gasteiger partial charge on any atom is -0.496 e. The first-order valence-electron chi connectivity index (χ1n) is 6.43. The highest BCUT2D eigenvalue weighted by Gasteiger charge is 2.15. The lowest BCUT2D eigenvalue weighted by Gasteiger charge is -2.11. The molecule has 0 aliphatic carbocycles. The number of ether oxygens (including phenoxy) is 1. The molecule has 0 heterocycles. The molecule has 0 aliphatic heterocycles. The molecule has 100 valence electrons. The Hall–Kier alpha value is -1.35. The molecule has 0 amide bonds. The molecule has 0 saturated heterocycles. The molecular weight excluding hydrogens is 304 g/mol. The fourth-order valence-electron chi connectivity index (χ4n) is 2.21. The van der Waals surface area contributed by atoms with Crippen LogP contribution >= 0.6 is 15.9 Å². The number of halogens is 1. The van der Waals surface area contributed by atoms with Gasteiger partial charge in [0.25, 0.3) is 0 Å². The smallest absolute Gasteiger partial charge is 0.167 e. The van der Waals surface area contributed by atoms with Crippen LogP contribution in [0.1, 0.15) is 29.6 Å². The summed E-state index contributed by atoms with van der Waals surface area (Å²) in [5, 5.41) is 2.99. The van der Waals surface area contributed by atoms with Gasteiger partial charge in [0.05, 0.1) is 12.7 Å². The SMILES string of the molecule is COc1ccc2ccccc2c1C(=O)CCCCBr. The van der Waals surface area contributed by atoms with Gasteiger partial charge in [-0.05, 0) is 29.7 Å². The molecule has 0 fully saturated rings. The molecule has 2 aromatic carbocycles. The van der Waals surface area contributed by atoms with Crippen molar-refractivity contribution in [1.29, 1.82) is 0 Å². The van der Waals surface area contributed by atoms with Gasteiger partial charge in [-0.1, -0.05) is 46.3 Å². The minimum absolute atomic E-state index is 0.162. The summed E-state index contributed by atoms with van der Waals surface area (Å²) >= 11 is 3.39. The van der Waals surface area contributed by atoms with Crippen LogP contribution in [0.2, 0.25) is 0 Å². The van der Waals surface area contributed by atoms with E-state index in [1.807, 2.05) is 36.4 Å². The van der Waals surface area contributed by atoms with Crippen molar-refractivity contribution < 1.29 is 9.53 Å². The number of hydrogen-bond donors (Lipinski definition) is 0. The summed E-state index contributed by atoms with van der Waals surface area (Å²) in [6.07, 6.45) is 2.48. The molecule has 0 saturated carbocycles. The summed E-state index contributed by atoms with van der Waals surface area (Å²) < 4.78 is 5.35. The van der Waals surface area contributed by atoms with Crippen molar-refractivity contribution in [1.82, 2.24) is 0 Å². The lowest BCUT2D eigenvalue weighted by Crippen LogP contribution is -2.03. The van der Waals surface area contributed by atoms with Crippen LogP contribution in [0.5, 0.6) is 5.75 Å². The van der Waals surface area contributed by atoms with Gasteiger partial charge in [-0.3, -0.25) is 4.79 Å². The minimum atomic E-state index is 0.162. The average Bonchev–Trinajstić information content (AvgIpc) is 2.46. The fourth-order valence-corrected chi connectivity index (χ4v) is 2.61. The summed E-state index contributed by atoms with van der Waals surface area (Å²) in [6, 6.07) is 11.8. The van der Waals surface area contributed by atoms with E-state index >= 15 is 0 Å². The molecule has 2 nitrogen and oxygen atoms in total. The Morgan fingerprint density at radius 1 is 1.16 bits per heavy atom. The number of carbonyl (C=O) groups excluding carboxylic acids is 1. The van der Waals surface area contributed by atoms with Crippen LogP contribution in [0.25, 0.3) is 10.8 Å². The van der Waals surface area contributed by atoms with Gasteiger partial charge in [-0.25, -0.2) is 0 Å². The quantitative estimate of drug-likeness (QED) is 0.442. The van der Waals surface area contributed by atoms with Crippen molar-refractivity contribution >= 4 is 32.5 Å². The number of fused-ring (bicyclic) bond motifs is 1. The van der Waals surface area contributed by atoms with Crippen molar-refractivity contribution in [2.75, 3.05) is 12.4 Å². The second kappa shape index (κ2) is 6.71. The number of ketones is 1. The van der Waals surface area contributed by atoms with Gasteiger partial charge in [-0.15, -0.1) is 0 Å². The van der Waals surface area contributed by atoms with E-state index in [-0.39, 0.29) is 5.78 Å². The van der Waals surface area contributed by atoms with Gasteiger partial charge < -0.3 is 4.74 Å². The lowest BCUT2D eigenvalue weighted by molar-refractivity contribution is 0.0978. The topological polar surface area (TPSA) is 26.3 Å². The first-order valence-corrected chi connectivity index (χ1v) is 7.55. The Balaban J connectivity index is 2.41.